The summed E-state index contributed by atoms with van der Waals surface area (Å²) in [6, 6.07) is 0. The SMILES string of the molecule is C[C@@]1(CCN)CCCOC1. The van der Waals surface area contributed by atoms with Gasteiger partial charge in [-0.3, -0.25) is 0 Å². The van der Waals surface area contributed by atoms with Crippen molar-refractivity contribution < 1.29 is 4.74 Å². The Hall–Kier alpha value is -0.0800. The number of hydrogen-bond acceptors (Lipinski definition) is 2. The van der Waals surface area contributed by atoms with E-state index in [1.807, 2.05) is 0 Å². The molecule has 10 heavy (non-hydrogen) atoms. The minimum absolute atomic E-state index is 0.382. The average Bonchev–Trinajstić information content (AvgIpc) is 1.89. The Morgan fingerprint density at radius 3 is 2.90 bits per heavy atom. The van der Waals surface area contributed by atoms with Gasteiger partial charge in [-0.1, -0.05) is 6.92 Å². The lowest BCUT2D eigenvalue weighted by atomic mass is 9.82. The first kappa shape index (κ1) is 8.02. The van der Waals surface area contributed by atoms with Crippen molar-refractivity contribution in [2.45, 2.75) is 26.2 Å². The lowest BCUT2D eigenvalue weighted by Gasteiger charge is -2.32. The van der Waals surface area contributed by atoms with E-state index in [4.69, 9.17) is 10.5 Å². The molecule has 0 bridgehead atoms. The van der Waals surface area contributed by atoms with Crippen LogP contribution in [-0.4, -0.2) is 19.8 Å². The molecule has 2 heteroatoms. The van der Waals surface area contributed by atoms with E-state index >= 15 is 0 Å². The monoisotopic (exact) mass is 143 g/mol. The molecule has 0 aromatic carbocycles. The van der Waals surface area contributed by atoms with E-state index in [9.17, 15) is 0 Å². The highest BCUT2D eigenvalue weighted by Gasteiger charge is 2.26. The third-order valence-corrected chi connectivity index (χ3v) is 2.27. The largest absolute Gasteiger partial charge is 0.381 e. The van der Waals surface area contributed by atoms with E-state index in [0.717, 1.165) is 26.2 Å². The van der Waals surface area contributed by atoms with Crippen molar-refractivity contribution in [3.8, 4) is 0 Å². The third-order valence-electron chi connectivity index (χ3n) is 2.27. The Bertz CT molecular complexity index is 91.9. The van der Waals surface area contributed by atoms with Crippen LogP contribution in [0.5, 0.6) is 0 Å². The molecule has 0 aliphatic carbocycles. The van der Waals surface area contributed by atoms with E-state index < -0.39 is 0 Å². The molecular weight excluding hydrogens is 126 g/mol. The molecule has 1 atom stereocenters. The minimum atomic E-state index is 0.382. The molecular formula is C8H17NO. The minimum Gasteiger partial charge on any atom is -0.381 e. The zero-order valence-corrected chi connectivity index (χ0v) is 6.73. The van der Waals surface area contributed by atoms with E-state index in [2.05, 4.69) is 6.92 Å². The van der Waals surface area contributed by atoms with Crippen molar-refractivity contribution in [3.05, 3.63) is 0 Å². The van der Waals surface area contributed by atoms with Gasteiger partial charge in [0.25, 0.3) is 0 Å². The molecule has 0 saturated carbocycles. The van der Waals surface area contributed by atoms with Crippen molar-refractivity contribution in [1.29, 1.82) is 0 Å². The molecule has 0 spiro atoms. The Morgan fingerprint density at radius 1 is 1.60 bits per heavy atom. The number of nitrogens with two attached hydrogens (primary N) is 1. The fourth-order valence-electron chi connectivity index (χ4n) is 1.54. The molecule has 0 amide bonds. The molecule has 1 fully saturated rings. The lowest BCUT2D eigenvalue weighted by molar-refractivity contribution is -0.000606. The Morgan fingerprint density at radius 2 is 2.40 bits per heavy atom. The highest BCUT2D eigenvalue weighted by Crippen LogP contribution is 2.30. The molecule has 0 unspecified atom stereocenters. The molecule has 0 aromatic heterocycles. The van der Waals surface area contributed by atoms with E-state index in [1.54, 1.807) is 0 Å². The molecule has 2 N–H and O–H groups in total. The summed E-state index contributed by atoms with van der Waals surface area (Å²) in [5, 5.41) is 0. The first-order valence-corrected chi connectivity index (χ1v) is 4.05. The standard InChI is InChI=1S/C8H17NO/c1-8(4-5-9)3-2-6-10-7-8/h2-7,9H2,1H3/t8-/m0/s1. The topological polar surface area (TPSA) is 35.2 Å². The molecule has 1 heterocycles. The van der Waals surface area contributed by atoms with E-state index in [1.165, 1.54) is 12.8 Å². The van der Waals surface area contributed by atoms with E-state index in [-0.39, 0.29) is 0 Å². The molecule has 0 radical (unpaired) electrons. The number of rotatable bonds is 2. The van der Waals surface area contributed by atoms with Crippen molar-refractivity contribution >= 4 is 0 Å². The van der Waals surface area contributed by atoms with Gasteiger partial charge in [-0.05, 0) is 31.2 Å². The number of hydrogen-bond donors (Lipinski definition) is 1. The fraction of sp³-hybridized carbons (Fsp3) is 1.00. The maximum absolute atomic E-state index is 5.49. The average molecular weight is 143 g/mol. The summed E-state index contributed by atoms with van der Waals surface area (Å²) in [6.07, 6.45) is 3.59. The van der Waals surface area contributed by atoms with Crippen LogP contribution in [0.25, 0.3) is 0 Å². The summed E-state index contributed by atoms with van der Waals surface area (Å²) in [4.78, 5) is 0. The second-order valence-electron chi connectivity index (χ2n) is 3.51. The van der Waals surface area contributed by atoms with Crippen LogP contribution in [0.3, 0.4) is 0 Å². The maximum Gasteiger partial charge on any atom is 0.0520 e. The lowest BCUT2D eigenvalue weighted by Crippen LogP contribution is -2.30. The summed E-state index contributed by atoms with van der Waals surface area (Å²) in [6.45, 7) is 4.91. The van der Waals surface area contributed by atoms with Gasteiger partial charge in [0, 0.05) is 6.61 Å². The molecule has 2 nitrogen and oxygen atoms in total. The van der Waals surface area contributed by atoms with Crippen molar-refractivity contribution in [1.82, 2.24) is 0 Å². The predicted octanol–water partition coefficient (Wildman–Crippen LogP) is 1.15. The Balaban J connectivity index is 2.32. The zero-order chi connectivity index (χ0) is 7.45. The molecule has 0 aromatic rings. The van der Waals surface area contributed by atoms with Gasteiger partial charge in [0.05, 0.1) is 6.61 Å². The van der Waals surface area contributed by atoms with Crippen LogP contribution in [0.2, 0.25) is 0 Å². The van der Waals surface area contributed by atoms with E-state index in [0.29, 0.717) is 5.41 Å². The van der Waals surface area contributed by atoms with Gasteiger partial charge in [-0.2, -0.15) is 0 Å². The third kappa shape index (κ3) is 1.96. The van der Waals surface area contributed by atoms with Gasteiger partial charge in [-0.15, -0.1) is 0 Å². The summed E-state index contributed by atoms with van der Waals surface area (Å²) in [7, 11) is 0. The normalized spacial score (nSPS) is 34.2. The van der Waals surface area contributed by atoms with Gasteiger partial charge in [0.2, 0.25) is 0 Å². The fourth-order valence-corrected chi connectivity index (χ4v) is 1.54. The van der Waals surface area contributed by atoms with Crippen molar-refractivity contribution in [2.24, 2.45) is 11.1 Å². The highest BCUT2D eigenvalue weighted by molar-refractivity contribution is 4.76. The molecule has 60 valence electrons. The molecule has 1 aliphatic rings. The first-order valence-electron chi connectivity index (χ1n) is 4.05. The van der Waals surface area contributed by atoms with Crippen LogP contribution in [0.15, 0.2) is 0 Å². The summed E-state index contributed by atoms with van der Waals surface area (Å²) < 4.78 is 5.38. The van der Waals surface area contributed by atoms with Crippen LogP contribution >= 0.6 is 0 Å². The van der Waals surface area contributed by atoms with Gasteiger partial charge in [0.15, 0.2) is 0 Å². The zero-order valence-electron chi connectivity index (χ0n) is 6.73. The van der Waals surface area contributed by atoms with Crippen molar-refractivity contribution in [3.63, 3.8) is 0 Å². The Kier molecular flexibility index (Phi) is 2.69. The van der Waals surface area contributed by atoms with Gasteiger partial charge >= 0.3 is 0 Å². The van der Waals surface area contributed by atoms with Crippen LogP contribution in [0.4, 0.5) is 0 Å². The quantitative estimate of drug-likeness (QED) is 0.629. The summed E-state index contributed by atoms with van der Waals surface area (Å²) in [5.41, 5.74) is 5.87. The Labute approximate surface area is 62.7 Å². The van der Waals surface area contributed by atoms with Crippen LogP contribution in [0, 0.1) is 5.41 Å². The van der Waals surface area contributed by atoms with Gasteiger partial charge < -0.3 is 10.5 Å². The van der Waals surface area contributed by atoms with Crippen LogP contribution < -0.4 is 5.73 Å². The van der Waals surface area contributed by atoms with Crippen molar-refractivity contribution in [2.75, 3.05) is 19.8 Å². The molecule has 1 aliphatic heterocycles. The number of ether oxygens (including phenoxy) is 1. The highest BCUT2D eigenvalue weighted by atomic mass is 16.5. The van der Waals surface area contributed by atoms with Crippen LogP contribution in [0.1, 0.15) is 26.2 Å². The van der Waals surface area contributed by atoms with Gasteiger partial charge in [-0.25, -0.2) is 0 Å². The smallest absolute Gasteiger partial charge is 0.0520 e. The molecule has 1 saturated heterocycles. The molecule has 1 rings (SSSR count). The summed E-state index contributed by atoms with van der Waals surface area (Å²) in [5.74, 6) is 0. The second-order valence-corrected chi connectivity index (χ2v) is 3.51. The van der Waals surface area contributed by atoms with Gasteiger partial charge in [0.1, 0.15) is 0 Å². The second kappa shape index (κ2) is 3.35. The maximum atomic E-state index is 5.49. The van der Waals surface area contributed by atoms with Crippen LogP contribution in [-0.2, 0) is 4.74 Å². The summed E-state index contributed by atoms with van der Waals surface area (Å²) >= 11 is 0. The first-order chi connectivity index (χ1) is 4.77. The predicted molar refractivity (Wildman–Crippen MR) is 41.8 cm³/mol.